The first-order valence-electron chi connectivity index (χ1n) is 11.8. The van der Waals surface area contributed by atoms with Gasteiger partial charge in [0.25, 0.3) is 0 Å². The maximum Gasteiger partial charge on any atom is 0.248 e. The van der Waals surface area contributed by atoms with Gasteiger partial charge in [-0.3, -0.25) is 19.3 Å². The van der Waals surface area contributed by atoms with Crippen LogP contribution in [0, 0.1) is 12.7 Å². The summed E-state index contributed by atoms with van der Waals surface area (Å²) in [7, 11) is 1.61. The number of halogens is 1. The molecule has 1 amide bonds. The molecule has 12 heteroatoms. The predicted octanol–water partition coefficient (Wildman–Crippen LogP) is 2.39. The third kappa shape index (κ3) is 6.35. The highest BCUT2D eigenvalue weighted by atomic mass is 19.1. The third-order valence-corrected chi connectivity index (χ3v) is 5.73. The summed E-state index contributed by atoms with van der Waals surface area (Å²) in [6.07, 6.45) is 9.22. The quantitative estimate of drug-likeness (QED) is 0.312. The zero-order valence-corrected chi connectivity index (χ0v) is 21.0. The summed E-state index contributed by atoms with van der Waals surface area (Å²) in [6.45, 7) is 7.39. The number of morpholine rings is 1. The largest absolute Gasteiger partial charge is 0.401 e. The summed E-state index contributed by atoms with van der Waals surface area (Å²) in [5.41, 5.74) is 8.73. The van der Waals surface area contributed by atoms with E-state index in [-0.39, 0.29) is 17.7 Å². The highest BCUT2D eigenvalue weighted by Gasteiger charge is 2.16. The van der Waals surface area contributed by atoms with E-state index in [0.29, 0.717) is 42.5 Å². The molecule has 0 aromatic carbocycles. The number of aryl methyl sites for hydroxylation is 1. The molecule has 4 heterocycles. The van der Waals surface area contributed by atoms with Gasteiger partial charge in [0.15, 0.2) is 11.6 Å². The lowest BCUT2D eigenvalue weighted by Crippen LogP contribution is -2.36. The number of anilines is 2. The molecule has 1 fully saturated rings. The van der Waals surface area contributed by atoms with Gasteiger partial charge in [-0.1, -0.05) is 6.08 Å². The molecule has 37 heavy (non-hydrogen) atoms. The van der Waals surface area contributed by atoms with Gasteiger partial charge in [0, 0.05) is 56.3 Å². The molecular formula is C25H30FN9O2. The van der Waals surface area contributed by atoms with E-state index in [2.05, 4.69) is 35.5 Å². The number of nitrogens with one attached hydrogen (secondary N) is 2. The molecule has 0 spiro atoms. The monoisotopic (exact) mass is 507 g/mol. The number of carbonyl (C=O) groups is 1. The average Bonchev–Trinajstić information content (AvgIpc) is 3.21. The molecule has 11 nitrogen and oxygen atoms in total. The zero-order chi connectivity index (χ0) is 26.4. The van der Waals surface area contributed by atoms with Crippen LogP contribution in [0.3, 0.4) is 0 Å². The first kappa shape index (κ1) is 25.9. The second-order valence-corrected chi connectivity index (χ2v) is 8.56. The van der Waals surface area contributed by atoms with Gasteiger partial charge in [-0.05, 0) is 25.5 Å². The highest BCUT2D eigenvalue weighted by molar-refractivity contribution is 6.00. The minimum atomic E-state index is -0.619. The molecule has 0 saturated carbocycles. The fourth-order valence-electron chi connectivity index (χ4n) is 3.84. The number of pyridine rings is 1. The van der Waals surface area contributed by atoms with Crippen LogP contribution in [-0.4, -0.2) is 76.4 Å². The predicted molar refractivity (Wildman–Crippen MR) is 141 cm³/mol. The maximum atomic E-state index is 14.8. The Hall–Kier alpha value is -4.16. The van der Waals surface area contributed by atoms with Crippen molar-refractivity contribution in [2.24, 2.45) is 10.7 Å². The second kappa shape index (κ2) is 11.7. The Morgan fingerprint density at radius 3 is 2.78 bits per heavy atom. The van der Waals surface area contributed by atoms with Crippen LogP contribution in [0.2, 0.25) is 0 Å². The molecule has 194 valence electrons. The van der Waals surface area contributed by atoms with E-state index >= 15 is 0 Å². The number of hydrogen-bond donors (Lipinski definition) is 3. The van der Waals surface area contributed by atoms with Crippen LogP contribution in [0.15, 0.2) is 53.2 Å². The van der Waals surface area contributed by atoms with E-state index in [9.17, 15) is 9.18 Å². The van der Waals surface area contributed by atoms with E-state index < -0.39 is 5.82 Å². The van der Waals surface area contributed by atoms with E-state index in [0.717, 1.165) is 30.2 Å². The summed E-state index contributed by atoms with van der Waals surface area (Å²) in [5, 5.41) is 6.54. The molecule has 4 N–H and O–H groups in total. The smallest absolute Gasteiger partial charge is 0.248 e. The molecule has 0 unspecified atom stereocenters. The van der Waals surface area contributed by atoms with Crippen molar-refractivity contribution in [1.29, 1.82) is 0 Å². The van der Waals surface area contributed by atoms with Gasteiger partial charge in [-0.25, -0.2) is 14.4 Å². The minimum absolute atomic E-state index is 0.0217. The van der Waals surface area contributed by atoms with E-state index in [1.54, 1.807) is 30.8 Å². The van der Waals surface area contributed by atoms with Crippen molar-refractivity contribution in [2.75, 3.05) is 50.5 Å². The summed E-state index contributed by atoms with van der Waals surface area (Å²) >= 11 is 0. The standard InChI is InChI=1S/C25H30FN9O2/c1-16-15-35(24-20(26)13-30-25(33-24)32-21(14-28-3)17(2)27)23-19(16)11-18(12-29-23)31-22(36)5-4-6-34-7-9-37-10-8-34/h4-5,11-15H,6-10,27H2,1-3H3,(H,31,36)(H,30,32,33)/b5-4+,21-17+,28-14?. The maximum absolute atomic E-state index is 14.8. The van der Waals surface area contributed by atoms with Crippen LogP contribution in [0.1, 0.15) is 12.5 Å². The van der Waals surface area contributed by atoms with Crippen LogP contribution < -0.4 is 16.4 Å². The average molecular weight is 508 g/mol. The van der Waals surface area contributed by atoms with Crippen molar-refractivity contribution >= 4 is 34.8 Å². The Bertz CT molecular complexity index is 1370. The summed E-state index contributed by atoms with van der Waals surface area (Å²) in [6, 6.07) is 1.80. The van der Waals surface area contributed by atoms with Crippen molar-refractivity contribution in [3.05, 3.63) is 59.6 Å². The third-order valence-electron chi connectivity index (χ3n) is 5.73. The van der Waals surface area contributed by atoms with Crippen LogP contribution in [0.25, 0.3) is 16.9 Å². The number of ether oxygens (including phenoxy) is 1. The molecule has 3 aromatic rings. The molecule has 0 radical (unpaired) electrons. The molecule has 0 atom stereocenters. The van der Waals surface area contributed by atoms with Gasteiger partial charge >= 0.3 is 0 Å². The normalized spacial score (nSPS) is 15.5. The van der Waals surface area contributed by atoms with Crippen LogP contribution in [-0.2, 0) is 9.53 Å². The lowest BCUT2D eigenvalue weighted by Gasteiger charge is -2.24. The molecule has 4 rings (SSSR count). The highest BCUT2D eigenvalue weighted by Crippen LogP contribution is 2.26. The Kier molecular flexibility index (Phi) is 8.21. The fourth-order valence-corrected chi connectivity index (χ4v) is 3.84. The molecule has 0 bridgehead atoms. The fraction of sp³-hybridized carbons (Fsp3) is 0.320. The molecular weight excluding hydrogens is 477 g/mol. The van der Waals surface area contributed by atoms with Gasteiger partial charge < -0.3 is 21.1 Å². The number of allylic oxidation sites excluding steroid dienone is 2. The van der Waals surface area contributed by atoms with Crippen molar-refractivity contribution < 1.29 is 13.9 Å². The lowest BCUT2D eigenvalue weighted by molar-refractivity contribution is -0.111. The summed E-state index contributed by atoms with van der Waals surface area (Å²) < 4.78 is 21.7. The van der Waals surface area contributed by atoms with Crippen molar-refractivity contribution in [2.45, 2.75) is 13.8 Å². The van der Waals surface area contributed by atoms with Crippen molar-refractivity contribution in [3.63, 3.8) is 0 Å². The molecule has 1 saturated heterocycles. The Balaban J connectivity index is 1.54. The van der Waals surface area contributed by atoms with Gasteiger partial charge in [0.1, 0.15) is 5.65 Å². The summed E-state index contributed by atoms with van der Waals surface area (Å²) in [4.78, 5) is 31.4. The second-order valence-electron chi connectivity index (χ2n) is 8.56. The van der Waals surface area contributed by atoms with Gasteiger partial charge in [0.2, 0.25) is 11.9 Å². The Labute approximate surface area is 214 Å². The number of fused-ring (bicyclic) bond motifs is 1. The lowest BCUT2D eigenvalue weighted by atomic mass is 10.2. The molecule has 1 aliphatic rings. The number of aliphatic imine (C=N–C) groups is 1. The van der Waals surface area contributed by atoms with E-state index in [4.69, 9.17) is 10.5 Å². The number of aromatic nitrogens is 4. The number of rotatable bonds is 8. The first-order chi connectivity index (χ1) is 17.9. The number of nitrogens with zero attached hydrogens (tertiary/aromatic N) is 6. The molecule has 3 aromatic heterocycles. The molecule has 0 aliphatic carbocycles. The Morgan fingerprint density at radius 1 is 1.27 bits per heavy atom. The Morgan fingerprint density at radius 2 is 2.05 bits per heavy atom. The van der Waals surface area contributed by atoms with Gasteiger partial charge in [0.05, 0.1) is 37.0 Å². The SMILES string of the molecule is CN=C/C(Nc1ncc(F)c(-n2cc(C)c3cc(NC(=O)/C=C/CN4CCOCC4)cnc32)n1)=C(/C)N. The van der Waals surface area contributed by atoms with E-state index in [1.807, 2.05) is 13.0 Å². The van der Waals surface area contributed by atoms with Crippen LogP contribution in [0.5, 0.6) is 0 Å². The minimum Gasteiger partial charge on any atom is -0.401 e. The van der Waals surface area contributed by atoms with Crippen molar-refractivity contribution in [3.8, 4) is 5.82 Å². The van der Waals surface area contributed by atoms with Crippen LogP contribution in [0.4, 0.5) is 16.0 Å². The van der Waals surface area contributed by atoms with Crippen molar-refractivity contribution in [1.82, 2.24) is 24.4 Å². The number of carbonyl (C=O) groups excluding carboxylic acids is 1. The number of nitrogens with two attached hydrogens (primary N) is 1. The zero-order valence-electron chi connectivity index (χ0n) is 21.0. The molecule has 1 aliphatic heterocycles. The number of amides is 1. The topological polar surface area (TPSA) is 136 Å². The van der Waals surface area contributed by atoms with Gasteiger partial charge in [-0.15, -0.1) is 0 Å². The van der Waals surface area contributed by atoms with Gasteiger partial charge in [-0.2, -0.15) is 4.98 Å². The first-order valence-corrected chi connectivity index (χ1v) is 11.8. The van der Waals surface area contributed by atoms with Crippen LogP contribution >= 0.6 is 0 Å². The number of hydrogen-bond acceptors (Lipinski definition) is 9. The summed E-state index contributed by atoms with van der Waals surface area (Å²) in [5.74, 6) is -0.693. The van der Waals surface area contributed by atoms with E-state index in [1.165, 1.54) is 18.5 Å².